The maximum absolute atomic E-state index is 14.2. The smallest absolute Gasteiger partial charge is 0.412 e. The molecule has 0 aliphatic carbocycles. The lowest BCUT2D eigenvalue weighted by Gasteiger charge is -2.27. The second-order valence-electron chi connectivity index (χ2n) is 10.2. The van der Waals surface area contributed by atoms with Gasteiger partial charge in [0.1, 0.15) is 5.60 Å². The van der Waals surface area contributed by atoms with Crippen LogP contribution in [-0.4, -0.2) is 30.8 Å². The van der Waals surface area contributed by atoms with Crippen LogP contribution >= 0.6 is 7.60 Å². The minimum absolute atomic E-state index is 0.0905. The summed E-state index contributed by atoms with van der Waals surface area (Å²) in [6.07, 6.45) is -0.668. The van der Waals surface area contributed by atoms with Gasteiger partial charge >= 0.3 is 13.7 Å². The molecule has 0 heterocycles. The van der Waals surface area contributed by atoms with Gasteiger partial charge in [-0.2, -0.15) is 0 Å². The molecule has 210 valence electrons. The first kappa shape index (κ1) is 29.3. The van der Waals surface area contributed by atoms with E-state index in [1.165, 1.54) is 0 Å². The van der Waals surface area contributed by atoms with Crippen molar-refractivity contribution in [2.24, 2.45) is 0 Å². The maximum atomic E-state index is 14.2. The Labute approximate surface area is 234 Å². The SMILES string of the molecule is CCOP(=O)(OCC)C(C(=O)Nc1cc2ccccc2cc1NC(=O)OC(C)(C)C)c1cccc2ccccc12. The average Bonchev–Trinajstić information content (AvgIpc) is 2.88. The number of benzene rings is 4. The fourth-order valence-electron chi connectivity index (χ4n) is 4.55. The molecule has 2 amide bonds. The van der Waals surface area contributed by atoms with Gasteiger partial charge in [-0.1, -0.05) is 66.7 Å². The highest BCUT2D eigenvalue weighted by Gasteiger charge is 2.43. The van der Waals surface area contributed by atoms with Crippen molar-refractivity contribution in [1.29, 1.82) is 0 Å². The summed E-state index contributed by atoms with van der Waals surface area (Å²) in [5.74, 6) is -0.593. The van der Waals surface area contributed by atoms with Crippen LogP contribution in [0.25, 0.3) is 21.5 Å². The number of hydrogen-bond donors (Lipinski definition) is 2. The van der Waals surface area contributed by atoms with Crippen molar-refractivity contribution in [3.63, 3.8) is 0 Å². The zero-order valence-electron chi connectivity index (χ0n) is 23.4. The lowest BCUT2D eigenvalue weighted by Crippen LogP contribution is -2.28. The maximum Gasteiger partial charge on any atom is 0.412 e. The largest absolute Gasteiger partial charge is 0.444 e. The van der Waals surface area contributed by atoms with Gasteiger partial charge in [0.2, 0.25) is 5.91 Å². The van der Waals surface area contributed by atoms with Crippen LogP contribution in [0.3, 0.4) is 0 Å². The van der Waals surface area contributed by atoms with E-state index in [4.69, 9.17) is 13.8 Å². The van der Waals surface area contributed by atoms with Crippen molar-refractivity contribution < 1.29 is 27.9 Å². The molecule has 0 spiro atoms. The predicted molar refractivity (Wildman–Crippen MR) is 160 cm³/mol. The van der Waals surface area contributed by atoms with Crippen LogP contribution < -0.4 is 10.6 Å². The second-order valence-corrected chi connectivity index (χ2v) is 12.3. The number of anilines is 2. The number of rotatable bonds is 9. The fourth-order valence-corrected chi connectivity index (χ4v) is 6.56. The second kappa shape index (κ2) is 12.2. The zero-order chi connectivity index (χ0) is 28.9. The predicted octanol–water partition coefficient (Wildman–Crippen LogP) is 8.29. The van der Waals surface area contributed by atoms with E-state index in [9.17, 15) is 14.2 Å². The van der Waals surface area contributed by atoms with E-state index < -0.39 is 30.9 Å². The summed E-state index contributed by atoms with van der Waals surface area (Å²) in [6, 6.07) is 24.1. The molecule has 4 rings (SSSR count). The van der Waals surface area contributed by atoms with Crippen LogP contribution in [0.5, 0.6) is 0 Å². The Bertz CT molecular complexity index is 1560. The minimum atomic E-state index is -3.99. The molecule has 2 N–H and O–H groups in total. The van der Waals surface area contributed by atoms with Gasteiger partial charge in [-0.15, -0.1) is 0 Å². The van der Waals surface area contributed by atoms with Crippen LogP contribution in [0, 0.1) is 0 Å². The molecule has 0 aromatic heterocycles. The van der Waals surface area contributed by atoms with Crippen LogP contribution in [0.4, 0.5) is 16.2 Å². The number of nitrogens with one attached hydrogen (secondary N) is 2. The number of carbonyl (C=O) groups is 2. The molecule has 1 atom stereocenters. The lowest BCUT2D eigenvalue weighted by molar-refractivity contribution is -0.116. The molecule has 0 fully saturated rings. The highest BCUT2D eigenvalue weighted by atomic mass is 31.2. The van der Waals surface area contributed by atoms with Crippen molar-refractivity contribution in [2.75, 3.05) is 23.8 Å². The van der Waals surface area contributed by atoms with Gasteiger partial charge in [0.05, 0.1) is 24.6 Å². The van der Waals surface area contributed by atoms with Gasteiger partial charge in [0.25, 0.3) is 0 Å². The molecule has 8 nitrogen and oxygen atoms in total. The summed E-state index contributed by atoms with van der Waals surface area (Å²) in [5.41, 5.74) is -0.826. The van der Waals surface area contributed by atoms with Crippen LogP contribution in [0.15, 0.2) is 78.9 Å². The summed E-state index contributed by atoms with van der Waals surface area (Å²) < 4.78 is 31.1. The van der Waals surface area contributed by atoms with Gasteiger partial charge in [-0.05, 0) is 73.9 Å². The highest BCUT2D eigenvalue weighted by Crippen LogP contribution is 2.62. The Morgan fingerprint density at radius 3 is 1.88 bits per heavy atom. The minimum Gasteiger partial charge on any atom is -0.444 e. The van der Waals surface area contributed by atoms with E-state index in [1.54, 1.807) is 52.8 Å². The van der Waals surface area contributed by atoms with Crippen molar-refractivity contribution in [3.05, 3.63) is 84.4 Å². The molecule has 1 unspecified atom stereocenters. The Kier molecular flexibility index (Phi) is 8.94. The molecule has 4 aromatic rings. The quantitative estimate of drug-likeness (QED) is 0.199. The molecule has 0 bridgehead atoms. The first-order chi connectivity index (χ1) is 19.0. The summed E-state index contributed by atoms with van der Waals surface area (Å²) in [6.45, 7) is 8.89. The molecular formula is C31H35N2O6P. The molecule has 0 radical (unpaired) electrons. The zero-order valence-corrected chi connectivity index (χ0v) is 24.3. The number of amides is 2. The standard InChI is InChI=1S/C31H35N2O6P/c1-6-37-40(36,38-7-2)28(25-18-12-16-21-13-10-11-17-24(21)25)29(34)32-26-19-22-14-8-9-15-23(22)20-27(26)33-30(35)39-31(3,4)5/h8-20,28H,6-7H2,1-5H3,(H,32,34)(H,33,35). The van der Waals surface area contributed by atoms with Crippen molar-refractivity contribution in [1.82, 2.24) is 0 Å². The average molecular weight is 563 g/mol. The van der Waals surface area contributed by atoms with Crippen molar-refractivity contribution >= 4 is 52.5 Å². The molecule has 40 heavy (non-hydrogen) atoms. The van der Waals surface area contributed by atoms with E-state index in [1.807, 2.05) is 60.7 Å². The fraction of sp³-hybridized carbons (Fsp3) is 0.290. The number of ether oxygens (including phenoxy) is 1. The monoisotopic (exact) mass is 562 g/mol. The third-order valence-electron chi connectivity index (χ3n) is 6.08. The summed E-state index contributed by atoms with van der Waals surface area (Å²) in [5, 5.41) is 9.01. The summed E-state index contributed by atoms with van der Waals surface area (Å²) >= 11 is 0. The van der Waals surface area contributed by atoms with E-state index in [0.29, 0.717) is 16.9 Å². The first-order valence-corrected chi connectivity index (χ1v) is 14.9. The summed E-state index contributed by atoms with van der Waals surface area (Å²) in [4.78, 5) is 26.9. The molecule has 0 saturated carbocycles. The van der Waals surface area contributed by atoms with Gasteiger partial charge in [0.15, 0.2) is 5.66 Å². The van der Waals surface area contributed by atoms with Crippen LogP contribution in [0.2, 0.25) is 0 Å². The Morgan fingerprint density at radius 2 is 1.30 bits per heavy atom. The third kappa shape index (κ3) is 6.70. The van der Waals surface area contributed by atoms with Crippen molar-refractivity contribution in [2.45, 2.75) is 45.9 Å². The normalized spacial score (nSPS) is 12.7. The lowest BCUT2D eigenvalue weighted by atomic mass is 10.0. The number of hydrogen-bond acceptors (Lipinski definition) is 6. The number of carbonyl (C=O) groups excluding carboxylic acids is 2. The van der Waals surface area contributed by atoms with Crippen LogP contribution in [-0.2, 0) is 23.1 Å². The third-order valence-corrected chi connectivity index (χ3v) is 8.46. The Morgan fingerprint density at radius 1 is 0.775 bits per heavy atom. The molecule has 0 aliphatic heterocycles. The Balaban J connectivity index is 1.82. The summed E-state index contributed by atoms with van der Waals surface area (Å²) in [7, 11) is -3.99. The van der Waals surface area contributed by atoms with E-state index in [-0.39, 0.29) is 13.2 Å². The van der Waals surface area contributed by atoms with E-state index in [2.05, 4.69) is 10.6 Å². The molecule has 9 heteroatoms. The Hall–Kier alpha value is -3.71. The topological polar surface area (TPSA) is 103 Å². The first-order valence-electron chi connectivity index (χ1n) is 13.2. The van der Waals surface area contributed by atoms with Crippen molar-refractivity contribution in [3.8, 4) is 0 Å². The van der Waals surface area contributed by atoms with Crippen LogP contribution in [0.1, 0.15) is 45.8 Å². The van der Waals surface area contributed by atoms with Gasteiger partial charge in [-0.25, -0.2) is 4.79 Å². The van der Waals surface area contributed by atoms with Gasteiger partial charge < -0.3 is 19.1 Å². The molecule has 4 aromatic carbocycles. The highest BCUT2D eigenvalue weighted by molar-refractivity contribution is 7.55. The van der Waals surface area contributed by atoms with Gasteiger partial charge in [-0.3, -0.25) is 14.7 Å². The van der Waals surface area contributed by atoms with E-state index >= 15 is 0 Å². The molecule has 0 saturated heterocycles. The molecule has 0 aliphatic rings. The van der Waals surface area contributed by atoms with E-state index in [0.717, 1.165) is 21.5 Å². The van der Waals surface area contributed by atoms with Gasteiger partial charge in [0, 0.05) is 0 Å². The number of fused-ring (bicyclic) bond motifs is 2. The molecular weight excluding hydrogens is 527 g/mol.